The predicted molar refractivity (Wildman–Crippen MR) is 124 cm³/mol. The molecule has 0 unspecified atom stereocenters. The van der Waals surface area contributed by atoms with Crippen LogP contribution in [0, 0.1) is 0 Å². The largest absolute Gasteiger partial charge is 0.478 e. The van der Waals surface area contributed by atoms with E-state index in [9.17, 15) is 18.0 Å². The molecule has 10 heteroatoms. The SMILES string of the molecule is O=C(O)C(Oc1ccc2cc(CNS(=O)(=O)c3ccc(-c4ccccc4)cc3)[nH]c2c1)C(=O)O. The summed E-state index contributed by atoms with van der Waals surface area (Å²) in [6, 6.07) is 22.4. The van der Waals surface area contributed by atoms with Gasteiger partial charge in [-0.25, -0.2) is 22.7 Å². The summed E-state index contributed by atoms with van der Waals surface area (Å²) in [6.07, 6.45) is -2.04. The lowest BCUT2D eigenvalue weighted by Gasteiger charge is -2.10. The summed E-state index contributed by atoms with van der Waals surface area (Å²) in [6.45, 7) is -0.0134. The standard InChI is InChI=1S/C24H20N2O7S/c27-23(28)22(24(29)30)33-19-9-6-17-12-18(26-21(17)13-19)14-25-34(31,32)20-10-7-16(8-11-20)15-4-2-1-3-5-15/h1-13,22,25-26H,14H2,(H,27,28)(H,29,30). The molecule has 4 aromatic rings. The Morgan fingerprint density at radius 1 is 0.882 bits per heavy atom. The molecular weight excluding hydrogens is 460 g/mol. The van der Waals surface area contributed by atoms with Crippen molar-refractivity contribution >= 4 is 32.9 Å². The molecule has 1 heterocycles. The zero-order valence-electron chi connectivity index (χ0n) is 17.6. The average Bonchev–Trinajstić information content (AvgIpc) is 3.24. The molecule has 174 valence electrons. The van der Waals surface area contributed by atoms with Gasteiger partial charge in [0, 0.05) is 17.3 Å². The normalized spacial score (nSPS) is 11.6. The molecule has 0 amide bonds. The molecule has 0 radical (unpaired) electrons. The molecule has 9 nitrogen and oxygen atoms in total. The van der Waals surface area contributed by atoms with E-state index in [-0.39, 0.29) is 17.2 Å². The van der Waals surface area contributed by atoms with Gasteiger partial charge in [-0.1, -0.05) is 42.5 Å². The van der Waals surface area contributed by atoms with Crippen LogP contribution >= 0.6 is 0 Å². The van der Waals surface area contributed by atoms with Crippen molar-refractivity contribution < 1.29 is 33.0 Å². The van der Waals surface area contributed by atoms with Crippen LogP contribution in [0.5, 0.6) is 5.75 Å². The fourth-order valence-electron chi connectivity index (χ4n) is 3.39. The smallest absolute Gasteiger partial charge is 0.356 e. The van der Waals surface area contributed by atoms with Gasteiger partial charge >= 0.3 is 11.9 Å². The third kappa shape index (κ3) is 5.08. The highest BCUT2D eigenvalue weighted by molar-refractivity contribution is 7.89. The lowest BCUT2D eigenvalue weighted by molar-refractivity contribution is -0.159. The first-order valence-corrected chi connectivity index (χ1v) is 11.6. The number of aliphatic carboxylic acids is 2. The van der Waals surface area contributed by atoms with Crippen LogP contribution < -0.4 is 9.46 Å². The van der Waals surface area contributed by atoms with Gasteiger partial charge in [0.25, 0.3) is 6.10 Å². The Bertz CT molecular complexity index is 1430. The van der Waals surface area contributed by atoms with E-state index in [2.05, 4.69) is 9.71 Å². The van der Waals surface area contributed by atoms with Gasteiger partial charge in [0.15, 0.2) is 0 Å². The number of sulfonamides is 1. The summed E-state index contributed by atoms with van der Waals surface area (Å²) < 4.78 is 33.0. The second-order valence-corrected chi connectivity index (χ2v) is 9.20. The molecule has 4 rings (SSSR count). The highest BCUT2D eigenvalue weighted by atomic mass is 32.2. The monoisotopic (exact) mass is 480 g/mol. The highest BCUT2D eigenvalue weighted by Gasteiger charge is 2.28. The quantitative estimate of drug-likeness (QED) is 0.269. The van der Waals surface area contributed by atoms with Crippen molar-refractivity contribution in [1.29, 1.82) is 0 Å². The molecule has 0 aliphatic heterocycles. The first-order valence-electron chi connectivity index (χ1n) is 10.1. The maximum atomic E-state index is 12.7. The van der Waals surface area contributed by atoms with Crippen molar-refractivity contribution in [2.75, 3.05) is 0 Å². The summed E-state index contributed by atoms with van der Waals surface area (Å²) in [5.41, 5.74) is 2.98. The summed E-state index contributed by atoms with van der Waals surface area (Å²) in [5.74, 6) is -3.19. The Morgan fingerprint density at radius 2 is 1.53 bits per heavy atom. The molecule has 1 aromatic heterocycles. The number of carbonyl (C=O) groups is 2. The van der Waals surface area contributed by atoms with Crippen molar-refractivity contribution in [3.05, 3.63) is 84.6 Å². The maximum absolute atomic E-state index is 12.7. The summed E-state index contributed by atoms with van der Waals surface area (Å²) in [5, 5.41) is 18.6. The molecule has 0 saturated heterocycles. The highest BCUT2D eigenvalue weighted by Crippen LogP contribution is 2.24. The summed E-state index contributed by atoms with van der Waals surface area (Å²) >= 11 is 0. The van der Waals surface area contributed by atoms with Crippen molar-refractivity contribution in [1.82, 2.24) is 9.71 Å². The van der Waals surface area contributed by atoms with Gasteiger partial charge in [0.2, 0.25) is 10.0 Å². The first kappa shape index (κ1) is 23.0. The average molecular weight is 480 g/mol. The molecule has 4 N–H and O–H groups in total. The molecule has 3 aromatic carbocycles. The van der Waals surface area contributed by atoms with Crippen LogP contribution in [-0.2, 0) is 26.2 Å². The van der Waals surface area contributed by atoms with Gasteiger partial charge in [-0.05, 0) is 46.8 Å². The predicted octanol–water partition coefficient (Wildman–Crippen LogP) is 3.23. The van der Waals surface area contributed by atoms with Crippen LogP contribution in [-0.4, -0.2) is 41.7 Å². The zero-order valence-corrected chi connectivity index (χ0v) is 18.5. The number of ether oxygens (including phenoxy) is 1. The molecule has 0 spiro atoms. The Balaban J connectivity index is 1.46. The van der Waals surface area contributed by atoms with Gasteiger partial charge in [0.1, 0.15) is 5.75 Å². The lowest BCUT2D eigenvalue weighted by Crippen LogP contribution is -2.35. The number of H-pyrrole nitrogens is 1. The third-order valence-corrected chi connectivity index (χ3v) is 6.49. The Hall–Kier alpha value is -4.15. The second kappa shape index (κ2) is 9.38. The number of aromatic amines is 1. The maximum Gasteiger partial charge on any atom is 0.356 e. The van der Waals surface area contributed by atoms with Crippen molar-refractivity contribution in [3.8, 4) is 16.9 Å². The minimum atomic E-state index is -3.76. The van der Waals surface area contributed by atoms with Gasteiger partial charge < -0.3 is 19.9 Å². The Labute approximate surface area is 194 Å². The molecule has 0 bridgehead atoms. The number of benzene rings is 3. The van der Waals surface area contributed by atoms with E-state index >= 15 is 0 Å². The summed E-state index contributed by atoms with van der Waals surface area (Å²) in [4.78, 5) is 25.2. The fraction of sp³-hybridized carbons (Fsp3) is 0.0833. The number of nitrogens with one attached hydrogen (secondary N) is 2. The van der Waals surface area contributed by atoms with Crippen LogP contribution in [0.15, 0.2) is 83.8 Å². The van der Waals surface area contributed by atoms with Crippen LogP contribution in [0.2, 0.25) is 0 Å². The van der Waals surface area contributed by atoms with Gasteiger partial charge in [-0.2, -0.15) is 0 Å². The van der Waals surface area contributed by atoms with Gasteiger partial charge in [-0.15, -0.1) is 0 Å². The van der Waals surface area contributed by atoms with Crippen molar-refractivity contribution in [2.45, 2.75) is 17.5 Å². The Kier molecular flexibility index (Phi) is 6.35. The van der Waals surface area contributed by atoms with E-state index in [1.165, 1.54) is 12.1 Å². The molecule has 0 saturated carbocycles. The minimum absolute atomic E-state index is 0.0134. The van der Waals surface area contributed by atoms with E-state index in [0.29, 0.717) is 11.2 Å². The number of fused-ring (bicyclic) bond motifs is 1. The van der Waals surface area contributed by atoms with Crippen LogP contribution in [0.1, 0.15) is 5.69 Å². The lowest BCUT2D eigenvalue weighted by atomic mass is 10.1. The molecular formula is C24H20N2O7S. The first-order chi connectivity index (χ1) is 16.2. The fourth-order valence-corrected chi connectivity index (χ4v) is 4.40. The number of carboxylic acids is 2. The molecule has 0 atom stereocenters. The molecule has 0 fully saturated rings. The van der Waals surface area contributed by atoms with Crippen LogP contribution in [0.4, 0.5) is 0 Å². The summed E-state index contributed by atoms with van der Waals surface area (Å²) in [7, 11) is -3.76. The number of hydrogen-bond acceptors (Lipinski definition) is 5. The van der Waals surface area contributed by atoms with E-state index in [0.717, 1.165) is 16.5 Å². The number of rotatable bonds is 9. The molecule has 0 aliphatic rings. The number of hydrogen-bond donors (Lipinski definition) is 4. The minimum Gasteiger partial charge on any atom is -0.478 e. The van der Waals surface area contributed by atoms with Crippen LogP contribution in [0.25, 0.3) is 22.0 Å². The van der Waals surface area contributed by atoms with Crippen molar-refractivity contribution in [2.24, 2.45) is 0 Å². The van der Waals surface area contributed by atoms with E-state index in [4.69, 9.17) is 14.9 Å². The number of carboxylic acid groups (broad SMARTS) is 2. The zero-order chi connectivity index (χ0) is 24.3. The molecule has 0 aliphatic carbocycles. The van der Waals surface area contributed by atoms with Crippen molar-refractivity contribution in [3.63, 3.8) is 0 Å². The second-order valence-electron chi connectivity index (χ2n) is 7.43. The van der Waals surface area contributed by atoms with Gasteiger partial charge in [-0.3, -0.25) is 0 Å². The van der Waals surface area contributed by atoms with E-state index in [1.54, 1.807) is 36.4 Å². The van der Waals surface area contributed by atoms with E-state index in [1.807, 2.05) is 30.3 Å². The molecule has 34 heavy (non-hydrogen) atoms. The number of aromatic nitrogens is 1. The topological polar surface area (TPSA) is 146 Å². The van der Waals surface area contributed by atoms with Gasteiger partial charge in [0.05, 0.1) is 11.4 Å². The van der Waals surface area contributed by atoms with Crippen LogP contribution in [0.3, 0.4) is 0 Å². The third-order valence-electron chi connectivity index (χ3n) is 5.08. The Morgan fingerprint density at radius 3 is 2.18 bits per heavy atom. The van der Waals surface area contributed by atoms with E-state index < -0.39 is 28.1 Å².